The number of ether oxygens (including phenoxy) is 2. The Labute approximate surface area is 225 Å². The molecule has 9 heteroatoms. The van der Waals surface area contributed by atoms with Crippen molar-refractivity contribution in [3.63, 3.8) is 0 Å². The number of phenols is 2. The van der Waals surface area contributed by atoms with E-state index in [0.717, 1.165) is 32.4 Å². The van der Waals surface area contributed by atoms with Gasteiger partial charge in [-0.3, -0.25) is 9.79 Å². The molecule has 3 rings (SSSR count). The van der Waals surface area contributed by atoms with Gasteiger partial charge < -0.3 is 30.3 Å². The monoisotopic (exact) mass is 527 g/mol. The first kappa shape index (κ1) is 29.4. The van der Waals surface area contributed by atoms with Gasteiger partial charge >= 0.3 is 5.97 Å². The van der Waals surface area contributed by atoms with Crippen molar-refractivity contribution >= 4 is 17.6 Å². The second-order valence-electron chi connectivity index (χ2n) is 10.3. The molecular formula is C29H41N3O6. The van der Waals surface area contributed by atoms with E-state index in [0.29, 0.717) is 29.7 Å². The van der Waals surface area contributed by atoms with Gasteiger partial charge in [0.1, 0.15) is 36.5 Å². The number of carbonyl (C=O) groups excluding carboxylic acids is 2. The van der Waals surface area contributed by atoms with Crippen LogP contribution >= 0.6 is 0 Å². The van der Waals surface area contributed by atoms with Gasteiger partial charge in [-0.25, -0.2) is 4.79 Å². The van der Waals surface area contributed by atoms with Crippen molar-refractivity contribution in [3.05, 3.63) is 47.1 Å². The molecule has 208 valence electrons. The van der Waals surface area contributed by atoms with E-state index in [9.17, 15) is 19.8 Å². The summed E-state index contributed by atoms with van der Waals surface area (Å²) < 4.78 is 11.2. The second-order valence-corrected chi connectivity index (χ2v) is 10.3. The molecule has 38 heavy (non-hydrogen) atoms. The van der Waals surface area contributed by atoms with E-state index in [2.05, 4.69) is 4.99 Å². The molecule has 0 aliphatic carbocycles. The summed E-state index contributed by atoms with van der Waals surface area (Å²) in [5.41, 5.74) is 7.74. The quantitative estimate of drug-likeness (QED) is 0.300. The van der Waals surface area contributed by atoms with E-state index in [1.165, 1.54) is 6.07 Å². The predicted molar refractivity (Wildman–Crippen MR) is 147 cm³/mol. The van der Waals surface area contributed by atoms with E-state index < -0.39 is 12.1 Å². The summed E-state index contributed by atoms with van der Waals surface area (Å²) in [4.78, 5) is 32.0. The summed E-state index contributed by atoms with van der Waals surface area (Å²) in [7, 11) is 0. The van der Waals surface area contributed by atoms with Crippen LogP contribution in [-0.2, 0) is 20.7 Å². The summed E-state index contributed by atoms with van der Waals surface area (Å²) >= 11 is 0. The van der Waals surface area contributed by atoms with Gasteiger partial charge in [-0.05, 0) is 50.2 Å². The number of rotatable bonds is 5. The van der Waals surface area contributed by atoms with Gasteiger partial charge in [0, 0.05) is 49.3 Å². The van der Waals surface area contributed by atoms with Crippen LogP contribution in [0.15, 0.2) is 35.4 Å². The van der Waals surface area contributed by atoms with Gasteiger partial charge in [-0.2, -0.15) is 0 Å². The smallest absolute Gasteiger partial charge is 0.342 e. The van der Waals surface area contributed by atoms with Crippen molar-refractivity contribution in [1.82, 2.24) is 4.90 Å². The fourth-order valence-corrected chi connectivity index (χ4v) is 4.80. The van der Waals surface area contributed by atoms with Crippen LogP contribution in [0.1, 0.15) is 80.3 Å². The summed E-state index contributed by atoms with van der Waals surface area (Å²) in [5, 5.41) is 21.4. The number of allylic oxidation sites excluding steroid dienone is 1. The third-order valence-corrected chi connectivity index (χ3v) is 6.74. The highest BCUT2D eigenvalue weighted by atomic mass is 16.5. The minimum atomic E-state index is -0.673. The Balaban J connectivity index is 1.92. The fourth-order valence-electron chi connectivity index (χ4n) is 4.80. The molecule has 4 N–H and O–H groups in total. The number of fused-ring (bicyclic) bond motifs is 1. The van der Waals surface area contributed by atoms with Crippen molar-refractivity contribution in [2.75, 3.05) is 26.4 Å². The number of amides is 1. The zero-order valence-electron chi connectivity index (χ0n) is 22.7. The van der Waals surface area contributed by atoms with Crippen molar-refractivity contribution < 1.29 is 29.3 Å². The number of carbonyl (C=O) groups is 2. The molecule has 0 bridgehead atoms. The van der Waals surface area contributed by atoms with Crippen LogP contribution < -0.4 is 5.73 Å². The average Bonchev–Trinajstić information content (AvgIpc) is 2.85. The SMILES string of the molecule is CC(C)c1c(O)cc(O)c2c1CC(=NCOCC(=O)N1CCCCC1)/C=C/C[C@H](N)/C=C/C[C@@H](C)OC2=O. The maximum atomic E-state index is 13.2. The molecule has 0 radical (unpaired) electrons. The van der Waals surface area contributed by atoms with E-state index in [-0.39, 0.29) is 54.7 Å². The number of nitrogens with zero attached hydrogens (tertiary/aromatic N) is 2. The number of aromatic hydroxyl groups is 2. The number of cyclic esters (lactones) is 1. The Morgan fingerprint density at radius 1 is 1.18 bits per heavy atom. The molecule has 2 heterocycles. The van der Waals surface area contributed by atoms with Gasteiger partial charge in [-0.1, -0.05) is 32.1 Å². The van der Waals surface area contributed by atoms with Crippen LogP contribution in [0.2, 0.25) is 0 Å². The zero-order valence-corrected chi connectivity index (χ0v) is 22.7. The maximum Gasteiger partial charge on any atom is 0.342 e. The molecule has 0 unspecified atom stereocenters. The third kappa shape index (κ3) is 8.16. The lowest BCUT2D eigenvalue weighted by molar-refractivity contribution is -0.136. The Morgan fingerprint density at radius 2 is 1.92 bits per heavy atom. The normalized spacial score (nSPS) is 24.0. The summed E-state index contributed by atoms with van der Waals surface area (Å²) in [6.07, 6.45) is 11.3. The molecule has 2 aliphatic heterocycles. The molecule has 0 saturated carbocycles. The van der Waals surface area contributed by atoms with Crippen LogP contribution in [0.5, 0.6) is 11.5 Å². The van der Waals surface area contributed by atoms with Crippen molar-refractivity contribution in [1.29, 1.82) is 0 Å². The molecule has 0 spiro atoms. The first-order chi connectivity index (χ1) is 18.2. The van der Waals surface area contributed by atoms with Crippen LogP contribution in [-0.4, -0.2) is 71.3 Å². The van der Waals surface area contributed by atoms with E-state index in [1.54, 1.807) is 13.0 Å². The summed E-state index contributed by atoms with van der Waals surface area (Å²) in [6, 6.07) is 0.966. The molecule has 1 aromatic rings. The topological polar surface area (TPSA) is 135 Å². The Kier molecular flexibility index (Phi) is 10.9. The lowest BCUT2D eigenvalue weighted by Gasteiger charge is -2.26. The molecule has 2 atom stereocenters. The molecule has 1 amide bonds. The minimum Gasteiger partial charge on any atom is -0.508 e. The number of nitrogens with two attached hydrogens (primary N) is 1. The van der Waals surface area contributed by atoms with Gasteiger partial charge in [0.25, 0.3) is 0 Å². The standard InChI is InChI=1S/C29H41N3O6/c1-19(2)27-23-15-22(31-18-37-17-26(35)32-13-5-4-6-14-32)12-8-11-21(30)10-7-9-20(3)38-29(36)28(23)25(34)16-24(27)33/h7-8,10,12,16,19-21,33-34H,4-6,9,11,13-15,17-18,30H2,1-3H3/b10-7+,12-8+,31-22?/t20-,21-/m1/s1. The van der Waals surface area contributed by atoms with Crippen LogP contribution in [0.3, 0.4) is 0 Å². The van der Waals surface area contributed by atoms with Gasteiger partial charge in [0.05, 0.1) is 0 Å². The van der Waals surface area contributed by atoms with Gasteiger partial charge in [-0.15, -0.1) is 0 Å². The number of phenolic OH excluding ortho intramolecular Hbond substituents is 2. The lowest BCUT2D eigenvalue weighted by atomic mass is 9.88. The highest BCUT2D eigenvalue weighted by Gasteiger charge is 2.27. The number of benzene rings is 1. The molecule has 0 aromatic heterocycles. The Morgan fingerprint density at radius 3 is 2.63 bits per heavy atom. The Bertz CT molecular complexity index is 1070. The summed E-state index contributed by atoms with van der Waals surface area (Å²) in [6.45, 7) is 6.97. The van der Waals surface area contributed by atoms with E-state index in [1.807, 2.05) is 37.0 Å². The number of likely N-dealkylation sites (tertiary alicyclic amines) is 1. The number of aliphatic imine (C=N–C) groups is 1. The number of hydrogen-bond donors (Lipinski definition) is 3. The maximum absolute atomic E-state index is 13.2. The number of piperidine rings is 1. The largest absolute Gasteiger partial charge is 0.508 e. The molecule has 1 fully saturated rings. The van der Waals surface area contributed by atoms with Gasteiger partial charge in [0.15, 0.2) is 0 Å². The molecular weight excluding hydrogens is 486 g/mol. The van der Waals surface area contributed by atoms with Crippen molar-refractivity contribution in [3.8, 4) is 11.5 Å². The van der Waals surface area contributed by atoms with Crippen molar-refractivity contribution in [2.24, 2.45) is 10.7 Å². The fraction of sp³-hybridized carbons (Fsp3) is 0.552. The van der Waals surface area contributed by atoms with Crippen LogP contribution in [0.25, 0.3) is 0 Å². The zero-order chi connectivity index (χ0) is 27.7. The first-order valence-corrected chi connectivity index (χ1v) is 13.4. The molecule has 2 aliphatic rings. The minimum absolute atomic E-state index is 0.0124. The average molecular weight is 528 g/mol. The predicted octanol–water partition coefficient (Wildman–Crippen LogP) is 3.97. The van der Waals surface area contributed by atoms with Crippen LogP contribution in [0, 0.1) is 0 Å². The first-order valence-electron chi connectivity index (χ1n) is 13.4. The second kappa shape index (κ2) is 14.1. The van der Waals surface area contributed by atoms with E-state index >= 15 is 0 Å². The van der Waals surface area contributed by atoms with Crippen molar-refractivity contribution in [2.45, 2.75) is 77.4 Å². The van der Waals surface area contributed by atoms with Gasteiger partial charge in [0.2, 0.25) is 5.91 Å². The third-order valence-electron chi connectivity index (χ3n) is 6.74. The number of esters is 1. The Hall–Kier alpha value is -3.17. The highest BCUT2D eigenvalue weighted by Crippen LogP contribution is 2.38. The molecule has 9 nitrogen and oxygen atoms in total. The number of hydrogen-bond acceptors (Lipinski definition) is 8. The van der Waals surface area contributed by atoms with E-state index in [4.69, 9.17) is 15.2 Å². The molecule has 1 saturated heterocycles. The summed E-state index contributed by atoms with van der Waals surface area (Å²) in [5.74, 6) is -1.32. The highest BCUT2D eigenvalue weighted by molar-refractivity contribution is 6.01. The molecule has 1 aromatic carbocycles. The van der Waals surface area contributed by atoms with Crippen LogP contribution in [0.4, 0.5) is 0 Å². The lowest BCUT2D eigenvalue weighted by Crippen LogP contribution is -2.38.